The van der Waals surface area contributed by atoms with Gasteiger partial charge < -0.3 is 19.0 Å². The Bertz CT molecular complexity index is 985. The second-order valence-corrected chi connectivity index (χ2v) is 7.75. The summed E-state index contributed by atoms with van der Waals surface area (Å²) in [6.07, 6.45) is 1.63. The standard InChI is InChI=1S/C19H21ClN4O3S/c1-5-24-17(14-8-9-27-11(14)2)22-23-19(24)28-12(3)18(25)21-13-6-7-16(26-4)15(20)10-13/h6-10,12H,5H2,1-4H3,(H,21,25)/t12-/m1/s1. The molecule has 1 atom stereocenters. The van der Waals surface area contributed by atoms with Gasteiger partial charge in [-0.25, -0.2) is 0 Å². The number of thioether (sulfide) groups is 1. The van der Waals surface area contributed by atoms with Crippen LogP contribution in [0, 0.1) is 6.92 Å². The molecule has 0 unspecified atom stereocenters. The first kappa shape index (κ1) is 20.3. The van der Waals surface area contributed by atoms with E-state index in [1.165, 1.54) is 11.8 Å². The third-order valence-electron chi connectivity index (χ3n) is 4.20. The van der Waals surface area contributed by atoms with Crippen LogP contribution in [-0.2, 0) is 11.3 Å². The highest BCUT2D eigenvalue weighted by molar-refractivity contribution is 8.00. The average molecular weight is 421 g/mol. The fourth-order valence-corrected chi connectivity index (χ4v) is 3.85. The fourth-order valence-electron chi connectivity index (χ4n) is 2.68. The molecule has 148 valence electrons. The van der Waals surface area contributed by atoms with E-state index in [0.29, 0.717) is 28.2 Å². The molecule has 2 aromatic heterocycles. The van der Waals surface area contributed by atoms with Gasteiger partial charge in [-0.15, -0.1) is 10.2 Å². The molecule has 3 rings (SSSR count). The van der Waals surface area contributed by atoms with Crippen molar-refractivity contribution in [3.63, 3.8) is 0 Å². The minimum Gasteiger partial charge on any atom is -0.495 e. The molecule has 0 aliphatic heterocycles. The Hall–Kier alpha value is -2.45. The van der Waals surface area contributed by atoms with E-state index in [2.05, 4.69) is 15.5 Å². The van der Waals surface area contributed by atoms with E-state index in [-0.39, 0.29) is 11.2 Å². The summed E-state index contributed by atoms with van der Waals surface area (Å²) < 4.78 is 12.5. The molecule has 28 heavy (non-hydrogen) atoms. The van der Waals surface area contributed by atoms with Crippen molar-refractivity contribution in [1.82, 2.24) is 14.8 Å². The Morgan fingerprint density at radius 3 is 2.79 bits per heavy atom. The number of carbonyl (C=O) groups excluding carboxylic acids is 1. The Morgan fingerprint density at radius 2 is 2.18 bits per heavy atom. The first-order valence-electron chi connectivity index (χ1n) is 8.73. The van der Waals surface area contributed by atoms with Crippen molar-refractivity contribution in [3.8, 4) is 17.1 Å². The van der Waals surface area contributed by atoms with Gasteiger partial charge in [-0.05, 0) is 45.0 Å². The van der Waals surface area contributed by atoms with Crippen LogP contribution in [-0.4, -0.2) is 33.0 Å². The maximum Gasteiger partial charge on any atom is 0.237 e. The Balaban J connectivity index is 1.73. The predicted octanol–water partition coefficient (Wildman–Crippen LogP) is 4.65. The summed E-state index contributed by atoms with van der Waals surface area (Å²) in [7, 11) is 1.54. The number of carbonyl (C=O) groups is 1. The molecule has 0 saturated heterocycles. The summed E-state index contributed by atoms with van der Waals surface area (Å²) in [5.41, 5.74) is 1.50. The minimum absolute atomic E-state index is 0.155. The number of nitrogens with one attached hydrogen (secondary N) is 1. The Morgan fingerprint density at radius 1 is 1.39 bits per heavy atom. The normalized spacial score (nSPS) is 12.0. The van der Waals surface area contributed by atoms with Crippen LogP contribution >= 0.6 is 23.4 Å². The van der Waals surface area contributed by atoms with Crippen LogP contribution in [0.3, 0.4) is 0 Å². The SMILES string of the molecule is CCn1c(S[C@H](C)C(=O)Nc2ccc(OC)c(Cl)c2)nnc1-c1ccoc1C. The number of furan rings is 1. The van der Waals surface area contributed by atoms with Gasteiger partial charge in [-0.2, -0.15) is 0 Å². The quantitative estimate of drug-likeness (QED) is 0.560. The molecule has 0 aliphatic rings. The summed E-state index contributed by atoms with van der Waals surface area (Å²) in [6, 6.07) is 6.98. The summed E-state index contributed by atoms with van der Waals surface area (Å²) >= 11 is 7.46. The number of aryl methyl sites for hydroxylation is 1. The van der Waals surface area contributed by atoms with Crippen molar-refractivity contribution in [2.24, 2.45) is 0 Å². The molecule has 0 aliphatic carbocycles. The molecule has 9 heteroatoms. The van der Waals surface area contributed by atoms with Gasteiger partial charge in [0.2, 0.25) is 5.91 Å². The molecule has 0 bridgehead atoms. The van der Waals surface area contributed by atoms with Gasteiger partial charge in [0.05, 0.1) is 29.2 Å². The largest absolute Gasteiger partial charge is 0.495 e. The van der Waals surface area contributed by atoms with Gasteiger partial charge in [0.15, 0.2) is 11.0 Å². The lowest BCUT2D eigenvalue weighted by molar-refractivity contribution is -0.115. The lowest BCUT2D eigenvalue weighted by atomic mass is 10.2. The molecule has 0 saturated carbocycles. The van der Waals surface area contributed by atoms with Gasteiger partial charge in [0, 0.05) is 12.2 Å². The Kier molecular flexibility index (Phi) is 6.31. The first-order valence-corrected chi connectivity index (χ1v) is 9.99. The van der Waals surface area contributed by atoms with E-state index in [1.54, 1.807) is 31.6 Å². The number of rotatable bonds is 7. The second kappa shape index (κ2) is 8.70. The van der Waals surface area contributed by atoms with Gasteiger partial charge in [-0.1, -0.05) is 23.4 Å². The number of aromatic nitrogens is 3. The number of amides is 1. The summed E-state index contributed by atoms with van der Waals surface area (Å²) in [4.78, 5) is 12.6. The number of halogens is 1. The number of hydrogen-bond acceptors (Lipinski definition) is 6. The lowest BCUT2D eigenvalue weighted by Crippen LogP contribution is -2.23. The van der Waals surface area contributed by atoms with Gasteiger partial charge in [0.1, 0.15) is 11.5 Å². The molecule has 0 radical (unpaired) electrons. The van der Waals surface area contributed by atoms with Crippen molar-refractivity contribution >= 4 is 35.0 Å². The third-order valence-corrected chi connectivity index (χ3v) is 5.58. The topological polar surface area (TPSA) is 82.2 Å². The maximum absolute atomic E-state index is 12.6. The zero-order valence-corrected chi connectivity index (χ0v) is 17.6. The number of anilines is 1. The minimum atomic E-state index is -0.381. The molecule has 1 N–H and O–H groups in total. The monoisotopic (exact) mass is 420 g/mol. The lowest BCUT2D eigenvalue weighted by Gasteiger charge is -2.13. The van der Waals surface area contributed by atoms with E-state index < -0.39 is 0 Å². The van der Waals surface area contributed by atoms with Gasteiger partial charge in [-0.3, -0.25) is 4.79 Å². The zero-order chi connectivity index (χ0) is 20.3. The van der Waals surface area contributed by atoms with E-state index >= 15 is 0 Å². The van der Waals surface area contributed by atoms with Crippen molar-refractivity contribution in [1.29, 1.82) is 0 Å². The van der Waals surface area contributed by atoms with Crippen LogP contribution in [0.2, 0.25) is 5.02 Å². The molecule has 1 amide bonds. The molecule has 2 heterocycles. The third kappa shape index (κ3) is 4.18. The van der Waals surface area contributed by atoms with Crippen molar-refractivity contribution in [3.05, 3.63) is 41.3 Å². The number of hydrogen-bond donors (Lipinski definition) is 1. The first-order chi connectivity index (χ1) is 13.4. The summed E-state index contributed by atoms with van der Waals surface area (Å²) in [5.74, 6) is 1.91. The summed E-state index contributed by atoms with van der Waals surface area (Å²) in [6.45, 7) is 6.39. The average Bonchev–Trinajstić information content (AvgIpc) is 3.27. The zero-order valence-electron chi connectivity index (χ0n) is 16.0. The van der Waals surface area contributed by atoms with Gasteiger partial charge >= 0.3 is 0 Å². The Labute approximate surface area is 172 Å². The second-order valence-electron chi connectivity index (χ2n) is 6.04. The molecule has 1 aromatic carbocycles. The van der Waals surface area contributed by atoms with E-state index in [0.717, 1.165) is 17.1 Å². The van der Waals surface area contributed by atoms with Gasteiger partial charge in [0.25, 0.3) is 0 Å². The highest BCUT2D eigenvalue weighted by Crippen LogP contribution is 2.30. The van der Waals surface area contributed by atoms with Crippen LogP contribution < -0.4 is 10.1 Å². The number of methoxy groups -OCH3 is 1. The summed E-state index contributed by atoms with van der Waals surface area (Å²) in [5, 5.41) is 12.1. The van der Waals surface area contributed by atoms with Crippen molar-refractivity contribution < 1.29 is 13.9 Å². The van der Waals surface area contributed by atoms with Crippen LogP contribution in [0.15, 0.2) is 40.1 Å². The van der Waals surface area contributed by atoms with Crippen molar-refractivity contribution in [2.45, 2.75) is 37.7 Å². The van der Waals surface area contributed by atoms with E-state index in [1.807, 2.05) is 31.4 Å². The molecule has 0 spiro atoms. The van der Waals surface area contributed by atoms with Crippen LogP contribution in [0.4, 0.5) is 5.69 Å². The number of ether oxygens (including phenoxy) is 1. The highest BCUT2D eigenvalue weighted by Gasteiger charge is 2.21. The van der Waals surface area contributed by atoms with Crippen LogP contribution in [0.25, 0.3) is 11.4 Å². The molecule has 7 nitrogen and oxygen atoms in total. The molecular formula is C19H21ClN4O3S. The number of benzene rings is 1. The van der Waals surface area contributed by atoms with Crippen molar-refractivity contribution in [2.75, 3.05) is 12.4 Å². The predicted molar refractivity (Wildman–Crippen MR) is 110 cm³/mol. The van der Waals surface area contributed by atoms with E-state index in [4.69, 9.17) is 20.8 Å². The molecular weight excluding hydrogens is 400 g/mol. The molecule has 0 fully saturated rings. The van der Waals surface area contributed by atoms with Crippen LogP contribution in [0.1, 0.15) is 19.6 Å². The highest BCUT2D eigenvalue weighted by atomic mass is 35.5. The maximum atomic E-state index is 12.6. The number of nitrogens with zero attached hydrogens (tertiary/aromatic N) is 3. The van der Waals surface area contributed by atoms with Crippen LogP contribution in [0.5, 0.6) is 5.75 Å². The molecule has 3 aromatic rings. The van der Waals surface area contributed by atoms with E-state index in [9.17, 15) is 4.79 Å². The fraction of sp³-hybridized carbons (Fsp3) is 0.316. The smallest absolute Gasteiger partial charge is 0.237 e.